The number of likely N-dealkylation sites (tertiary alicyclic amines) is 1. The number of alkyl halides is 3. The van der Waals surface area contributed by atoms with Gasteiger partial charge in [0.15, 0.2) is 0 Å². The van der Waals surface area contributed by atoms with Crippen LogP contribution in [0.1, 0.15) is 42.1 Å². The molecule has 9 heteroatoms. The van der Waals surface area contributed by atoms with Crippen molar-refractivity contribution < 1.29 is 32.6 Å². The third-order valence-corrected chi connectivity index (χ3v) is 4.88. The van der Waals surface area contributed by atoms with Crippen LogP contribution in [0, 0.1) is 5.92 Å². The maximum Gasteiger partial charge on any atom is 0.418 e. The standard InChI is InChI=1S/C18H23F3N2O4/c1-11(12-4-3-8-23(9-7-12)17(25)26)22-15-10-13(16(24)27-2)5-6-14(15)18(19,20)21/h5-6,10-12,22H,3-4,7-9H2,1-2H3,(H,25,26)/t11-,12?/m0/s1. The molecule has 2 atom stereocenters. The van der Waals surface area contributed by atoms with E-state index in [1.165, 1.54) is 4.90 Å². The van der Waals surface area contributed by atoms with Gasteiger partial charge < -0.3 is 20.1 Å². The molecule has 0 bridgehead atoms. The molecule has 1 fully saturated rings. The number of benzene rings is 1. The number of rotatable bonds is 4. The molecular formula is C18H23F3N2O4. The lowest BCUT2D eigenvalue weighted by Crippen LogP contribution is -2.32. The van der Waals surface area contributed by atoms with Crippen LogP contribution in [0.3, 0.4) is 0 Å². The van der Waals surface area contributed by atoms with Gasteiger partial charge in [0, 0.05) is 24.8 Å². The molecule has 1 saturated heterocycles. The first-order chi connectivity index (χ1) is 12.6. The topological polar surface area (TPSA) is 78.9 Å². The van der Waals surface area contributed by atoms with Crippen molar-refractivity contribution in [2.24, 2.45) is 5.92 Å². The molecule has 0 aliphatic carbocycles. The maximum absolute atomic E-state index is 13.3. The van der Waals surface area contributed by atoms with E-state index in [-0.39, 0.29) is 23.2 Å². The van der Waals surface area contributed by atoms with Crippen molar-refractivity contribution in [3.8, 4) is 0 Å². The predicted molar refractivity (Wildman–Crippen MR) is 92.8 cm³/mol. The fourth-order valence-electron chi connectivity index (χ4n) is 3.33. The summed E-state index contributed by atoms with van der Waals surface area (Å²) >= 11 is 0. The van der Waals surface area contributed by atoms with Gasteiger partial charge in [-0.15, -0.1) is 0 Å². The Morgan fingerprint density at radius 3 is 2.59 bits per heavy atom. The van der Waals surface area contributed by atoms with Gasteiger partial charge in [-0.25, -0.2) is 9.59 Å². The monoisotopic (exact) mass is 388 g/mol. The minimum atomic E-state index is -4.57. The third kappa shape index (κ3) is 5.27. The van der Waals surface area contributed by atoms with Gasteiger partial charge in [0.25, 0.3) is 0 Å². The van der Waals surface area contributed by atoms with Gasteiger partial charge in [-0.1, -0.05) is 0 Å². The van der Waals surface area contributed by atoms with E-state index in [0.29, 0.717) is 32.4 Å². The number of nitrogens with zero attached hydrogens (tertiary/aromatic N) is 1. The molecule has 150 valence electrons. The van der Waals surface area contributed by atoms with Gasteiger partial charge in [-0.2, -0.15) is 13.2 Å². The van der Waals surface area contributed by atoms with E-state index in [9.17, 15) is 22.8 Å². The first-order valence-corrected chi connectivity index (χ1v) is 8.67. The summed E-state index contributed by atoms with van der Waals surface area (Å²) in [4.78, 5) is 24.1. The molecule has 0 aromatic heterocycles. The van der Waals surface area contributed by atoms with Gasteiger partial charge in [-0.05, 0) is 50.3 Å². The molecule has 1 aliphatic heterocycles. The highest BCUT2D eigenvalue weighted by atomic mass is 19.4. The first kappa shape index (κ1) is 20.9. The fourth-order valence-corrected chi connectivity index (χ4v) is 3.33. The minimum absolute atomic E-state index is 0.0113. The van der Waals surface area contributed by atoms with Crippen LogP contribution in [-0.4, -0.2) is 48.3 Å². The van der Waals surface area contributed by atoms with Gasteiger partial charge in [0.2, 0.25) is 0 Å². The molecule has 6 nitrogen and oxygen atoms in total. The Morgan fingerprint density at radius 2 is 2.00 bits per heavy atom. The normalized spacial score (nSPS) is 19.1. The molecule has 2 N–H and O–H groups in total. The van der Waals surface area contributed by atoms with E-state index in [1.807, 2.05) is 0 Å². The summed E-state index contributed by atoms with van der Waals surface area (Å²) in [6.45, 7) is 2.54. The number of hydrogen-bond donors (Lipinski definition) is 2. The summed E-state index contributed by atoms with van der Waals surface area (Å²) in [5, 5.41) is 12.0. The van der Waals surface area contributed by atoms with Crippen LogP contribution in [0.5, 0.6) is 0 Å². The minimum Gasteiger partial charge on any atom is -0.465 e. The van der Waals surface area contributed by atoms with Gasteiger partial charge in [-0.3, -0.25) is 0 Å². The maximum atomic E-state index is 13.3. The molecular weight excluding hydrogens is 365 g/mol. The number of hydrogen-bond acceptors (Lipinski definition) is 4. The van der Waals surface area contributed by atoms with Crippen molar-refractivity contribution in [2.45, 2.75) is 38.4 Å². The number of anilines is 1. The molecule has 1 aromatic carbocycles. The molecule has 0 spiro atoms. The molecule has 27 heavy (non-hydrogen) atoms. The van der Waals surface area contributed by atoms with Gasteiger partial charge >= 0.3 is 18.2 Å². The van der Waals surface area contributed by atoms with Crippen LogP contribution in [0.25, 0.3) is 0 Å². The summed E-state index contributed by atoms with van der Waals surface area (Å²) in [6.07, 6.45) is -3.65. The van der Waals surface area contributed by atoms with Gasteiger partial charge in [0.05, 0.1) is 18.2 Å². The van der Waals surface area contributed by atoms with Crippen LogP contribution in [0.15, 0.2) is 18.2 Å². The number of ether oxygens (including phenoxy) is 1. The van der Waals surface area contributed by atoms with Gasteiger partial charge in [0.1, 0.15) is 0 Å². The highest BCUT2D eigenvalue weighted by Gasteiger charge is 2.35. The Hall–Kier alpha value is -2.45. The van der Waals surface area contributed by atoms with E-state index >= 15 is 0 Å². The second-order valence-electron chi connectivity index (χ2n) is 6.64. The highest BCUT2D eigenvalue weighted by Crippen LogP contribution is 2.36. The van der Waals surface area contributed by atoms with Crippen LogP contribution < -0.4 is 5.32 Å². The number of amides is 1. The fraction of sp³-hybridized carbons (Fsp3) is 0.556. The number of carbonyl (C=O) groups excluding carboxylic acids is 1. The van der Waals surface area contributed by atoms with Crippen molar-refractivity contribution in [2.75, 3.05) is 25.5 Å². The third-order valence-electron chi connectivity index (χ3n) is 4.88. The zero-order valence-electron chi connectivity index (χ0n) is 15.2. The molecule has 1 amide bonds. The molecule has 1 unspecified atom stereocenters. The first-order valence-electron chi connectivity index (χ1n) is 8.67. The SMILES string of the molecule is COC(=O)c1ccc(C(F)(F)F)c(N[C@@H](C)C2CCCN(C(=O)O)CC2)c1. The zero-order valence-corrected chi connectivity index (χ0v) is 15.2. The second kappa shape index (κ2) is 8.49. The lowest BCUT2D eigenvalue weighted by atomic mass is 9.92. The predicted octanol–water partition coefficient (Wildman–Crippen LogP) is 4.07. The molecule has 1 aliphatic rings. The summed E-state index contributed by atoms with van der Waals surface area (Å²) in [5.74, 6) is -0.705. The molecule has 1 heterocycles. The van der Waals surface area contributed by atoms with Crippen molar-refractivity contribution in [1.82, 2.24) is 4.90 Å². The Balaban J connectivity index is 2.21. The number of carbonyl (C=O) groups is 2. The second-order valence-corrected chi connectivity index (χ2v) is 6.64. The van der Waals surface area contributed by atoms with E-state index in [2.05, 4.69) is 10.1 Å². The smallest absolute Gasteiger partial charge is 0.418 e. The number of halogens is 3. The molecule has 1 aromatic rings. The van der Waals surface area contributed by atoms with E-state index < -0.39 is 23.8 Å². The van der Waals surface area contributed by atoms with E-state index in [4.69, 9.17) is 5.11 Å². The van der Waals surface area contributed by atoms with E-state index in [1.54, 1.807) is 6.92 Å². The highest BCUT2D eigenvalue weighted by molar-refractivity contribution is 5.90. The molecule has 0 radical (unpaired) electrons. The van der Waals surface area contributed by atoms with Crippen molar-refractivity contribution in [1.29, 1.82) is 0 Å². The Labute approximate surface area is 155 Å². The van der Waals surface area contributed by atoms with E-state index in [0.717, 1.165) is 25.3 Å². The molecule has 2 rings (SSSR count). The average molecular weight is 388 g/mol. The summed E-state index contributed by atoms with van der Waals surface area (Å²) in [6, 6.07) is 2.76. The number of nitrogens with one attached hydrogen (secondary N) is 1. The number of carboxylic acid groups (broad SMARTS) is 1. The van der Waals surface area contributed by atoms with Crippen LogP contribution in [0.2, 0.25) is 0 Å². The summed E-state index contributed by atoms with van der Waals surface area (Å²) < 4.78 is 44.6. The van der Waals surface area contributed by atoms with Crippen molar-refractivity contribution in [3.05, 3.63) is 29.3 Å². The summed E-state index contributed by atoms with van der Waals surface area (Å²) in [7, 11) is 1.16. The number of esters is 1. The lowest BCUT2D eigenvalue weighted by Gasteiger charge is -2.26. The van der Waals surface area contributed by atoms with Crippen molar-refractivity contribution in [3.63, 3.8) is 0 Å². The Morgan fingerprint density at radius 1 is 1.30 bits per heavy atom. The van der Waals surface area contributed by atoms with Crippen molar-refractivity contribution >= 4 is 17.7 Å². The average Bonchev–Trinajstić information content (AvgIpc) is 2.86. The van der Waals surface area contributed by atoms with Crippen LogP contribution >= 0.6 is 0 Å². The van der Waals surface area contributed by atoms with Crippen LogP contribution in [-0.2, 0) is 10.9 Å². The Bertz CT molecular complexity index is 694. The molecule has 0 saturated carbocycles. The quantitative estimate of drug-likeness (QED) is 0.760. The number of methoxy groups -OCH3 is 1. The summed E-state index contributed by atoms with van der Waals surface area (Å²) in [5.41, 5.74) is -1.02. The lowest BCUT2D eigenvalue weighted by molar-refractivity contribution is -0.137. The zero-order chi connectivity index (χ0) is 20.2. The Kier molecular flexibility index (Phi) is 6.56. The van der Waals surface area contributed by atoms with Crippen LogP contribution in [0.4, 0.5) is 23.7 Å². The largest absolute Gasteiger partial charge is 0.465 e.